The summed E-state index contributed by atoms with van der Waals surface area (Å²) < 4.78 is 16.8. The van der Waals surface area contributed by atoms with Crippen LogP contribution in [-0.2, 0) is 0 Å². The van der Waals surface area contributed by atoms with Gasteiger partial charge in [0.25, 0.3) is 0 Å². The molecule has 4 heteroatoms. The number of fused-ring (bicyclic) bond motifs is 5. The first-order valence-corrected chi connectivity index (χ1v) is 11.0. The zero-order valence-corrected chi connectivity index (χ0v) is 16.9. The lowest BCUT2D eigenvalue weighted by Crippen LogP contribution is -2.46. The van der Waals surface area contributed by atoms with Gasteiger partial charge < -0.3 is 9.67 Å². The lowest BCUT2D eigenvalue weighted by molar-refractivity contribution is -0.0715. The molecule has 2 fully saturated rings. The highest BCUT2D eigenvalue weighted by Crippen LogP contribution is 2.55. The minimum atomic E-state index is -0.418. The fourth-order valence-corrected chi connectivity index (χ4v) is 6.65. The van der Waals surface area contributed by atoms with Gasteiger partial charge in [-0.2, -0.15) is 0 Å². The second-order valence-corrected chi connectivity index (χ2v) is 9.70. The van der Waals surface area contributed by atoms with Crippen molar-refractivity contribution < 1.29 is 9.50 Å². The van der Waals surface area contributed by atoms with E-state index >= 15 is 0 Å². The number of aliphatic hydroxyl groups excluding tert-OH is 1. The monoisotopic (exact) mass is 382 g/mol. The third-order valence-corrected chi connectivity index (χ3v) is 8.36. The standard InChI is InChI=1S/C24H31FN2O/c1-3-24(11-16-8-7-15(2)17(9-16)12-24)22(28)10-20-23-18(5-4-6-19(23)25)21-13-26-14-27(20)21/h4-6,13-17,20,22,28H,3,7-12H2,1-2H3. The molecule has 0 radical (unpaired) electrons. The van der Waals surface area contributed by atoms with Crippen LogP contribution in [0.3, 0.4) is 0 Å². The highest BCUT2D eigenvalue weighted by Gasteiger charge is 2.48. The van der Waals surface area contributed by atoms with Crippen LogP contribution in [0.15, 0.2) is 30.7 Å². The molecule has 1 aromatic carbocycles. The van der Waals surface area contributed by atoms with Crippen LogP contribution in [0.25, 0.3) is 11.3 Å². The van der Waals surface area contributed by atoms with Crippen LogP contribution < -0.4 is 0 Å². The summed E-state index contributed by atoms with van der Waals surface area (Å²) in [5.74, 6) is 2.08. The maximum Gasteiger partial charge on any atom is 0.129 e. The Balaban J connectivity index is 1.46. The first-order valence-electron chi connectivity index (χ1n) is 11.0. The number of aliphatic hydroxyl groups is 1. The smallest absolute Gasteiger partial charge is 0.129 e. The number of hydrogen-bond donors (Lipinski definition) is 1. The van der Waals surface area contributed by atoms with E-state index in [1.54, 1.807) is 18.5 Å². The lowest BCUT2D eigenvalue weighted by Gasteiger charge is -2.51. The van der Waals surface area contributed by atoms with Crippen molar-refractivity contribution in [1.82, 2.24) is 9.55 Å². The van der Waals surface area contributed by atoms with Crippen molar-refractivity contribution in [2.24, 2.45) is 23.2 Å². The molecule has 2 saturated carbocycles. The Bertz CT molecular complexity index is 877. The van der Waals surface area contributed by atoms with E-state index in [1.807, 2.05) is 12.3 Å². The van der Waals surface area contributed by atoms with Gasteiger partial charge in [-0.15, -0.1) is 0 Å². The predicted molar refractivity (Wildman–Crippen MR) is 108 cm³/mol. The Kier molecular flexibility index (Phi) is 4.38. The summed E-state index contributed by atoms with van der Waals surface area (Å²) in [4.78, 5) is 4.30. The fraction of sp³-hybridized carbons (Fsp3) is 0.625. The Morgan fingerprint density at radius 2 is 2.18 bits per heavy atom. The summed E-state index contributed by atoms with van der Waals surface area (Å²) in [5, 5.41) is 11.5. The van der Waals surface area contributed by atoms with Crippen molar-refractivity contribution in [3.63, 3.8) is 0 Å². The van der Waals surface area contributed by atoms with Gasteiger partial charge >= 0.3 is 0 Å². The van der Waals surface area contributed by atoms with E-state index in [0.717, 1.165) is 53.8 Å². The maximum absolute atomic E-state index is 14.8. The molecule has 3 aliphatic rings. The summed E-state index contributed by atoms with van der Waals surface area (Å²) >= 11 is 0. The highest BCUT2D eigenvalue weighted by molar-refractivity contribution is 5.69. The zero-order chi connectivity index (χ0) is 19.5. The van der Waals surface area contributed by atoms with Crippen molar-refractivity contribution in [2.45, 2.75) is 70.9 Å². The second kappa shape index (κ2) is 6.69. The first-order chi connectivity index (χ1) is 13.5. The molecule has 1 aliphatic heterocycles. The second-order valence-electron chi connectivity index (χ2n) is 9.70. The number of imidazole rings is 1. The average molecular weight is 383 g/mol. The van der Waals surface area contributed by atoms with Gasteiger partial charge in [0.2, 0.25) is 0 Å². The van der Waals surface area contributed by atoms with Crippen LogP contribution in [0.2, 0.25) is 0 Å². The highest BCUT2D eigenvalue weighted by atomic mass is 19.1. The molecule has 5 rings (SSSR count). The van der Waals surface area contributed by atoms with Gasteiger partial charge in [-0.25, -0.2) is 9.37 Å². The maximum atomic E-state index is 14.8. The molecule has 2 heterocycles. The van der Waals surface area contributed by atoms with Gasteiger partial charge in [0.15, 0.2) is 0 Å². The third kappa shape index (κ3) is 2.67. The van der Waals surface area contributed by atoms with E-state index in [2.05, 4.69) is 23.4 Å². The number of aromatic nitrogens is 2. The third-order valence-electron chi connectivity index (χ3n) is 8.36. The molecule has 3 nitrogen and oxygen atoms in total. The van der Waals surface area contributed by atoms with Crippen LogP contribution in [0.1, 0.15) is 70.4 Å². The first kappa shape index (κ1) is 18.4. The molecule has 6 unspecified atom stereocenters. The van der Waals surface area contributed by atoms with Crippen LogP contribution in [0.4, 0.5) is 4.39 Å². The molecular formula is C24H31FN2O. The molecule has 2 aromatic rings. The quantitative estimate of drug-likeness (QED) is 0.749. The molecule has 1 N–H and O–H groups in total. The van der Waals surface area contributed by atoms with E-state index < -0.39 is 6.10 Å². The minimum Gasteiger partial charge on any atom is -0.392 e. The minimum absolute atomic E-state index is 0.0307. The molecule has 1 aromatic heterocycles. The van der Waals surface area contributed by atoms with Crippen LogP contribution in [-0.4, -0.2) is 20.8 Å². The van der Waals surface area contributed by atoms with Gasteiger partial charge in [-0.3, -0.25) is 0 Å². The topological polar surface area (TPSA) is 38.1 Å². The van der Waals surface area contributed by atoms with Gasteiger partial charge in [-0.1, -0.05) is 38.8 Å². The normalized spacial score (nSPS) is 34.7. The molecular weight excluding hydrogens is 351 g/mol. The van der Waals surface area contributed by atoms with Gasteiger partial charge in [0, 0.05) is 11.1 Å². The predicted octanol–water partition coefficient (Wildman–Crippen LogP) is 5.59. The molecule has 0 saturated heterocycles. The van der Waals surface area contributed by atoms with Gasteiger partial charge in [0.1, 0.15) is 5.82 Å². The fourth-order valence-electron chi connectivity index (χ4n) is 6.65. The van der Waals surface area contributed by atoms with Crippen molar-refractivity contribution in [1.29, 1.82) is 0 Å². The average Bonchev–Trinajstić information content (AvgIpc) is 3.28. The number of benzene rings is 1. The van der Waals surface area contributed by atoms with Gasteiger partial charge in [0.05, 0.1) is 30.4 Å². The van der Waals surface area contributed by atoms with E-state index in [4.69, 9.17) is 0 Å². The number of nitrogens with zero attached hydrogens (tertiary/aromatic N) is 2. The van der Waals surface area contributed by atoms with Crippen molar-refractivity contribution in [3.05, 3.63) is 42.1 Å². The molecule has 2 bridgehead atoms. The Labute approximate surface area is 167 Å². The van der Waals surface area contributed by atoms with E-state index in [1.165, 1.54) is 19.3 Å². The van der Waals surface area contributed by atoms with Crippen molar-refractivity contribution in [2.75, 3.05) is 0 Å². The summed E-state index contributed by atoms with van der Waals surface area (Å²) in [6.45, 7) is 4.63. The Hall–Kier alpha value is -1.68. The molecule has 2 aliphatic carbocycles. The molecule has 6 atom stereocenters. The molecule has 150 valence electrons. The Morgan fingerprint density at radius 1 is 1.32 bits per heavy atom. The zero-order valence-electron chi connectivity index (χ0n) is 16.9. The SMILES string of the molecule is CCC1(C(O)CC2c3c(F)cccc3-c3cncn32)CC2CCC(C)C(C2)C1. The molecule has 28 heavy (non-hydrogen) atoms. The Morgan fingerprint density at radius 3 is 3.00 bits per heavy atom. The summed E-state index contributed by atoms with van der Waals surface area (Å²) in [7, 11) is 0. The molecule has 0 spiro atoms. The largest absolute Gasteiger partial charge is 0.392 e. The van der Waals surface area contributed by atoms with Gasteiger partial charge in [-0.05, 0) is 61.3 Å². The van der Waals surface area contributed by atoms with Crippen LogP contribution >= 0.6 is 0 Å². The van der Waals surface area contributed by atoms with Crippen molar-refractivity contribution in [3.8, 4) is 11.3 Å². The number of hydrogen-bond acceptors (Lipinski definition) is 2. The summed E-state index contributed by atoms with van der Waals surface area (Å²) in [5.41, 5.74) is 2.59. The number of halogens is 1. The summed E-state index contributed by atoms with van der Waals surface area (Å²) in [6.07, 6.45) is 11.0. The summed E-state index contributed by atoms with van der Waals surface area (Å²) in [6, 6.07) is 5.12. The van der Waals surface area contributed by atoms with E-state index in [9.17, 15) is 9.50 Å². The molecule has 0 amide bonds. The van der Waals surface area contributed by atoms with E-state index in [-0.39, 0.29) is 17.3 Å². The van der Waals surface area contributed by atoms with E-state index in [0.29, 0.717) is 6.42 Å². The number of rotatable bonds is 4. The van der Waals surface area contributed by atoms with Crippen molar-refractivity contribution >= 4 is 0 Å². The van der Waals surface area contributed by atoms with Crippen LogP contribution in [0, 0.1) is 29.0 Å². The lowest BCUT2D eigenvalue weighted by atomic mass is 9.55. The van der Waals surface area contributed by atoms with Crippen LogP contribution in [0.5, 0.6) is 0 Å².